The van der Waals surface area contributed by atoms with Crippen molar-refractivity contribution >= 4 is 31.9 Å². The van der Waals surface area contributed by atoms with E-state index in [1.54, 1.807) is 24.3 Å². The first-order valence-corrected chi connectivity index (χ1v) is 6.55. The van der Waals surface area contributed by atoms with E-state index in [1.807, 2.05) is 0 Å². The number of hydrogen-bond acceptors (Lipinski definition) is 2. The third kappa shape index (κ3) is 2.72. The first-order chi connectivity index (χ1) is 8.11. The van der Waals surface area contributed by atoms with Gasteiger partial charge < -0.3 is 9.15 Å². The molecule has 0 spiro atoms. The second-order valence-corrected chi connectivity index (χ2v) is 5.09. The highest BCUT2D eigenvalue weighted by molar-refractivity contribution is 9.10. The Morgan fingerprint density at radius 1 is 1.29 bits per heavy atom. The van der Waals surface area contributed by atoms with E-state index in [0.717, 1.165) is 0 Å². The van der Waals surface area contributed by atoms with Gasteiger partial charge in [0.1, 0.15) is 22.2 Å². The molecule has 0 fully saturated rings. The van der Waals surface area contributed by atoms with Crippen molar-refractivity contribution in [3.8, 4) is 5.75 Å². The Bertz CT molecular complexity index is 525. The van der Waals surface area contributed by atoms with Crippen LogP contribution in [-0.2, 0) is 0 Å². The number of methoxy groups -OCH3 is 1. The molecule has 1 aromatic carbocycles. The van der Waals surface area contributed by atoms with E-state index in [9.17, 15) is 4.39 Å². The predicted molar refractivity (Wildman–Crippen MR) is 70.1 cm³/mol. The van der Waals surface area contributed by atoms with E-state index in [2.05, 4.69) is 31.9 Å². The summed E-state index contributed by atoms with van der Waals surface area (Å²) >= 11 is 6.62. The zero-order valence-corrected chi connectivity index (χ0v) is 12.1. The van der Waals surface area contributed by atoms with Gasteiger partial charge >= 0.3 is 0 Å². The fraction of sp³-hybridized carbons (Fsp3) is 0.167. The largest absolute Gasteiger partial charge is 0.497 e. The molecule has 5 heteroatoms. The molecule has 0 bridgehead atoms. The maximum atomic E-state index is 13.8. The molecule has 2 aromatic rings. The smallest absolute Gasteiger partial charge is 0.169 e. The molecule has 0 amide bonds. The number of alkyl halides is 1. The maximum absolute atomic E-state index is 13.8. The summed E-state index contributed by atoms with van der Waals surface area (Å²) in [5.41, 5.74) is 0.507. The van der Waals surface area contributed by atoms with E-state index >= 15 is 0 Å². The molecular formula is C12H9Br2FO2. The van der Waals surface area contributed by atoms with Crippen LogP contribution in [0.5, 0.6) is 5.75 Å². The van der Waals surface area contributed by atoms with Crippen LogP contribution in [0.15, 0.2) is 39.4 Å². The molecule has 0 aliphatic rings. The van der Waals surface area contributed by atoms with Crippen LogP contribution in [0.4, 0.5) is 4.39 Å². The Balaban J connectivity index is 2.34. The summed E-state index contributed by atoms with van der Waals surface area (Å²) in [6, 6.07) is 8.29. The fourth-order valence-electron chi connectivity index (χ4n) is 1.46. The highest BCUT2D eigenvalue weighted by Gasteiger charge is 2.18. The quantitative estimate of drug-likeness (QED) is 0.739. The Hall–Kier alpha value is -0.810. The van der Waals surface area contributed by atoms with Gasteiger partial charge in [0.05, 0.1) is 7.11 Å². The molecule has 1 atom stereocenters. The molecule has 90 valence electrons. The Kier molecular flexibility index (Phi) is 3.89. The Morgan fingerprint density at radius 3 is 2.59 bits per heavy atom. The molecule has 2 rings (SSSR count). The zero-order chi connectivity index (χ0) is 12.4. The highest BCUT2D eigenvalue weighted by atomic mass is 79.9. The number of hydrogen-bond donors (Lipinski definition) is 0. The van der Waals surface area contributed by atoms with Gasteiger partial charge in [-0.3, -0.25) is 0 Å². The molecule has 0 aliphatic carbocycles. The SMILES string of the molecule is COc1ccc(C(Br)c2ccc(Br)o2)c(F)c1. The molecular weight excluding hydrogens is 355 g/mol. The number of rotatable bonds is 3. The lowest BCUT2D eigenvalue weighted by Gasteiger charge is -2.09. The van der Waals surface area contributed by atoms with Gasteiger partial charge in [0, 0.05) is 11.6 Å². The van der Waals surface area contributed by atoms with Gasteiger partial charge in [0.25, 0.3) is 0 Å². The summed E-state index contributed by atoms with van der Waals surface area (Å²) in [5, 5.41) is 0. The van der Waals surface area contributed by atoms with Gasteiger partial charge in [-0.2, -0.15) is 0 Å². The summed E-state index contributed by atoms with van der Waals surface area (Å²) in [4.78, 5) is -0.320. The van der Waals surface area contributed by atoms with Crippen LogP contribution >= 0.6 is 31.9 Å². The van der Waals surface area contributed by atoms with Crippen molar-refractivity contribution in [1.29, 1.82) is 0 Å². The van der Waals surface area contributed by atoms with Crippen molar-refractivity contribution in [3.05, 3.63) is 52.1 Å². The summed E-state index contributed by atoms with van der Waals surface area (Å²) in [5.74, 6) is 0.797. The zero-order valence-electron chi connectivity index (χ0n) is 8.91. The van der Waals surface area contributed by atoms with E-state index in [1.165, 1.54) is 13.2 Å². The maximum Gasteiger partial charge on any atom is 0.169 e. The van der Waals surface area contributed by atoms with E-state index in [4.69, 9.17) is 9.15 Å². The minimum absolute atomic E-state index is 0.320. The molecule has 0 aliphatic heterocycles. The molecule has 1 unspecified atom stereocenters. The van der Waals surface area contributed by atoms with Crippen LogP contribution in [0.2, 0.25) is 0 Å². The molecule has 2 nitrogen and oxygen atoms in total. The second kappa shape index (κ2) is 5.23. The van der Waals surface area contributed by atoms with Crippen molar-refractivity contribution in [1.82, 2.24) is 0 Å². The van der Waals surface area contributed by atoms with Crippen LogP contribution in [0.1, 0.15) is 16.2 Å². The molecule has 1 aromatic heterocycles. The van der Waals surface area contributed by atoms with Gasteiger partial charge in [-0.15, -0.1) is 0 Å². The van der Waals surface area contributed by atoms with Crippen LogP contribution < -0.4 is 4.74 Å². The highest BCUT2D eigenvalue weighted by Crippen LogP contribution is 2.35. The molecule has 0 N–H and O–H groups in total. The van der Waals surface area contributed by atoms with E-state index in [0.29, 0.717) is 21.7 Å². The van der Waals surface area contributed by atoms with Crippen LogP contribution in [0.25, 0.3) is 0 Å². The lowest BCUT2D eigenvalue weighted by molar-refractivity contribution is 0.410. The van der Waals surface area contributed by atoms with Gasteiger partial charge in [0.15, 0.2) is 4.67 Å². The van der Waals surface area contributed by atoms with Gasteiger partial charge in [0.2, 0.25) is 0 Å². The second-order valence-electron chi connectivity index (χ2n) is 3.39. The molecule has 1 heterocycles. The van der Waals surface area contributed by atoms with E-state index < -0.39 is 0 Å². The fourth-order valence-corrected chi connectivity index (χ4v) is 2.39. The van der Waals surface area contributed by atoms with Crippen molar-refractivity contribution in [2.45, 2.75) is 4.83 Å². The minimum atomic E-state index is -0.334. The lowest BCUT2D eigenvalue weighted by atomic mass is 10.1. The van der Waals surface area contributed by atoms with Crippen LogP contribution in [0.3, 0.4) is 0 Å². The third-order valence-corrected chi connectivity index (χ3v) is 3.70. The van der Waals surface area contributed by atoms with Gasteiger partial charge in [-0.25, -0.2) is 4.39 Å². The number of ether oxygens (including phenoxy) is 1. The first-order valence-electron chi connectivity index (χ1n) is 4.84. The topological polar surface area (TPSA) is 22.4 Å². The first kappa shape index (κ1) is 12.6. The van der Waals surface area contributed by atoms with Crippen molar-refractivity contribution in [2.75, 3.05) is 7.11 Å². The minimum Gasteiger partial charge on any atom is -0.497 e. The summed E-state index contributed by atoms with van der Waals surface area (Å²) < 4.78 is 24.8. The standard InChI is InChI=1S/C12H9Br2FO2/c1-16-7-2-3-8(9(15)6-7)12(14)10-4-5-11(13)17-10/h2-6,12H,1H3. The average molecular weight is 364 g/mol. The van der Waals surface area contributed by atoms with Crippen molar-refractivity contribution in [2.24, 2.45) is 0 Å². The molecule has 0 radical (unpaired) electrons. The number of halogens is 3. The average Bonchev–Trinajstić information content (AvgIpc) is 2.75. The van der Waals surface area contributed by atoms with E-state index in [-0.39, 0.29) is 10.6 Å². The normalized spacial score (nSPS) is 12.5. The van der Waals surface area contributed by atoms with Crippen molar-refractivity contribution in [3.63, 3.8) is 0 Å². The van der Waals surface area contributed by atoms with Gasteiger partial charge in [-0.1, -0.05) is 22.0 Å². The van der Waals surface area contributed by atoms with Gasteiger partial charge in [-0.05, 0) is 34.1 Å². The van der Waals surface area contributed by atoms with Crippen LogP contribution in [0, 0.1) is 5.82 Å². The lowest BCUT2D eigenvalue weighted by Crippen LogP contribution is -1.96. The Morgan fingerprint density at radius 2 is 2.06 bits per heavy atom. The predicted octanol–water partition coefficient (Wildman–Crippen LogP) is 4.67. The molecule has 0 saturated heterocycles. The summed E-state index contributed by atoms with van der Waals surface area (Å²) in [6.45, 7) is 0. The molecule has 17 heavy (non-hydrogen) atoms. The molecule has 0 saturated carbocycles. The monoisotopic (exact) mass is 362 g/mol. The summed E-state index contributed by atoms with van der Waals surface area (Å²) in [6.07, 6.45) is 0. The van der Waals surface area contributed by atoms with Crippen molar-refractivity contribution < 1.29 is 13.5 Å². The third-order valence-electron chi connectivity index (χ3n) is 2.32. The summed E-state index contributed by atoms with van der Waals surface area (Å²) in [7, 11) is 1.50. The van der Waals surface area contributed by atoms with Crippen LogP contribution in [-0.4, -0.2) is 7.11 Å². The number of benzene rings is 1. The number of furan rings is 1. The Labute approximate surface area is 115 Å².